The van der Waals surface area contributed by atoms with E-state index in [1.54, 1.807) is 30.5 Å². The van der Waals surface area contributed by atoms with Crippen LogP contribution < -0.4 is 4.74 Å². The first-order chi connectivity index (χ1) is 13.2. The first-order valence-electron chi connectivity index (χ1n) is 10.2. The van der Waals surface area contributed by atoms with Gasteiger partial charge < -0.3 is 19.7 Å². The highest BCUT2D eigenvalue weighted by molar-refractivity contribution is 5.83. The lowest BCUT2D eigenvalue weighted by Gasteiger charge is -2.61. The summed E-state index contributed by atoms with van der Waals surface area (Å²) < 4.78 is 26.5. The van der Waals surface area contributed by atoms with E-state index in [2.05, 4.69) is 11.6 Å². The average Bonchev–Trinajstić information content (AvgIpc) is 2.65. The number of fused-ring (bicyclic) bond motifs is 4. The highest BCUT2D eigenvalue weighted by Crippen LogP contribution is 2.46. The Labute approximate surface area is 151 Å². The summed E-state index contributed by atoms with van der Waals surface area (Å²) in [6.07, 6.45) is 4.02. The molecule has 0 radical (unpaired) electrons. The number of nitrogens with zero attached hydrogens (tertiary/aromatic N) is 2. The second kappa shape index (κ2) is 6.09. The quantitative estimate of drug-likeness (QED) is 0.526. The molecule has 1 aromatic carbocycles. The van der Waals surface area contributed by atoms with Crippen LogP contribution in [0.5, 0.6) is 5.75 Å². The number of hydrogen-bond acceptors (Lipinski definition) is 4. The standard InChI is InChI=1S/C20H24N2O3/c1-3-13-12-22(24)9-7-14(13)10-19(22)20(23)16-6-8-21-18-5-4-15(25-2)11-17(16)18/h3-6,8,11,13-14,19-20,23H,1,7,9-10,12H2,2H3/t13-,14-,19+,20-,22+/m0/s1/i2D3. The summed E-state index contributed by atoms with van der Waals surface area (Å²) in [7, 11) is -2.56. The van der Waals surface area contributed by atoms with Crippen molar-refractivity contribution < 1.29 is 18.6 Å². The number of aliphatic hydroxyl groups is 1. The number of piperidine rings is 3. The third-order valence-electron chi connectivity index (χ3n) is 6.00. The molecule has 4 heterocycles. The fourth-order valence-electron chi connectivity index (χ4n) is 4.62. The summed E-state index contributed by atoms with van der Waals surface area (Å²) in [5.74, 6) is 0.744. The zero-order valence-corrected chi connectivity index (χ0v) is 14.0. The minimum atomic E-state index is -2.56. The Morgan fingerprint density at radius 1 is 1.52 bits per heavy atom. The van der Waals surface area contributed by atoms with E-state index in [1.165, 1.54) is 0 Å². The van der Waals surface area contributed by atoms with E-state index in [4.69, 9.17) is 8.85 Å². The predicted molar refractivity (Wildman–Crippen MR) is 96.8 cm³/mol. The van der Waals surface area contributed by atoms with Crippen molar-refractivity contribution in [3.63, 3.8) is 0 Å². The molecular formula is C20H24N2O3. The minimum absolute atomic E-state index is 0.178. The minimum Gasteiger partial charge on any atom is -0.632 e. The van der Waals surface area contributed by atoms with Crippen molar-refractivity contribution in [2.75, 3.05) is 20.1 Å². The summed E-state index contributed by atoms with van der Waals surface area (Å²) in [6.45, 7) is 4.82. The molecule has 2 bridgehead atoms. The summed E-state index contributed by atoms with van der Waals surface area (Å²) in [6, 6.07) is 6.03. The molecule has 3 aliphatic rings. The molecule has 132 valence electrons. The highest BCUT2D eigenvalue weighted by atomic mass is 16.6. The number of methoxy groups -OCH3 is 1. The van der Waals surface area contributed by atoms with Gasteiger partial charge in [0.1, 0.15) is 17.9 Å². The van der Waals surface area contributed by atoms with E-state index < -0.39 is 23.8 Å². The lowest BCUT2D eigenvalue weighted by molar-refractivity contribution is -0.929. The number of rotatable bonds is 4. The van der Waals surface area contributed by atoms with Crippen LogP contribution in [0.25, 0.3) is 10.9 Å². The number of pyridine rings is 1. The van der Waals surface area contributed by atoms with Crippen molar-refractivity contribution in [3.05, 3.63) is 53.9 Å². The van der Waals surface area contributed by atoms with Crippen molar-refractivity contribution in [1.82, 2.24) is 4.98 Å². The molecule has 0 spiro atoms. The first kappa shape index (κ1) is 13.3. The maximum atomic E-state index is 13.4. The molecule has 0 saturated carbocycles. The van der Waals surface area contributed by atoms with Crippen molar-refractivity contribution >= 4 is 10.9 Å². The van der Waals surface area contributed by atoms with Gasteiger partial charge in [-0.05, 0) is 35.7 Å². The molecule has 1 N–H and O–H groups in total. The van der Waals surface area contributed by atoms with Gasteiger partial charge in [0.2, 0.25) is 0 Å². The summed E-state index contributed by atoms with van der Waals surface area (Å²) in [5.41, 5.74) is 1.20. The Morgan fingerprint density at radius 3 is 3.16 bits per heavy atom. The van der Waals surface area contributed by atoms with Crippen molar-refractivity contribution in [1.29, 1.82) is 0 Å². The summed E-state index contributed by atoms with van der Waals surface area (Å²) in [4.78, 5) is 4.29. The molecule has 5 rings (SSSR count). The van der Waals surface area contributed by atoms with Crippen LogP contribution in [0, 0.1) is 17.0 Å². The molecular weight excluding hydrogens is 316 g/mol. The highest BCUT2D eigenvalue weighted by Gasteiger charge is 2.49. The summed E-state index contributed by atoms with van der Waals surface area (Å²) in [5, 5.41) is 25.2. The molecule has 0 amide bonds. The second-order valence-electron chi connectivity index (χ2n) is 7.24. The smallest absolute Gasteiger partial charge is 0.132 e. The van der Waals surface area contributed by atoms with E-state index >= 15 is 0 Å². The van der Waals surface area contributed by atoms with Crippen LogP contribution >= 0.6 is 0 Å². The molecule has 3 fully saturated rings. The zero-order valence-electron chi connectivity index (χ0n) is 17.0. The van der Waals surface area contributed by atoms with Crippen molar-refractivity contribution in [2.45, 2.75) is 25.0 Å². The van der Waals surface area contributed by atoms with Gasteiger partial charge in [-0.15, -0.1) is 6.58 Å². The Kier molecular flexibility index (Phi) is 3.24. The van der Waals surface area contributed by atoms with Gasteiger partial charge in [-0.3, -0.25) is 4.98 Å². The predicted octanol–water partition coefficient (Wildman–Crippen LogP) is 3.19. The Hall–Kier alpha value is -1.95. The number of hydroxylamine groups is 3. The van der Waals surface area contributed by atoms with E-state index in [0.29, 0.717) is 41.9 Å². The first-order valence-corrected chi connectivity index (χ1v) is 8.66. The van der Waals surface area contributed by atoms with Gasteiger partial charge in [-0.1, -0.05) is 6.08 Å². The Morgan fingerprint density at radius 2 is 2.40 bits per heavy atom. The van der Waals surface area contributed by atoms with Gasteiger partial charge in [0.15, 0.2) is 0 Å². The fourth-order valence-corrected chi connectivity index (χ4v) is 4.62. The van der Waals surface area contributed by atoms with Gasteiger partial charge in [-0.25, -0.2) is 0 Å². The molecule has 5 nitrogen and oxygen atoms in total. The van der Waals surface area contributed by atoms with Crippen molar-refractivity contribution in [3.8, 4) is 5.75 Å². The molecule has 2 aromatic rings. The van der Waals surface area contributed by atoms with Crippen LogP contribution in [0.2, 0.25) is 0 Å². The molecule has 3 aliphatic heterocycles. The normalized spacial score (nSPS) is 34.8. The molecule has 3 saturated heterocycles. The van der Waals surface area contributed by atoms with Crippen LogP contribution in [0.15, 0.2) is 43.1 Å². The molecule has 5 heteroatoms. The third-order valence-corrected chi connectivity index (χ3v) is 6.00. The van der Waals surface area contributed by atoms with Crippen LogP contribution in [0.3, 0.4) is 0 Å². The fraction of sp³-hybridized carbons (Fsp3) is 0.450. The zero-order chi connectivity index (χ0) is 20.1. The average molecular weight is 343 g/mol. The maximum absolute atomic E-state index is 13.4. The van der Waals surface area contributed by atoms with Gasteiger partial charge in [0, 0.05) is 30.3 Å². The summed E-state index contributed by atoms with van der Waals surface area (Å²) >= 11 is 0. The van der Waals surface area contributed by atoms with E-state index in [-0.39, 0.29) is 11.7 Å². The lowest BCUT2D eigenvalue weighted by atomic mass is 9.73. The molecule has 0 unspecified atom stereocenters. The molecule has 0 aliphatic carbocycles. The van der Waals surface area contributed by atoms with Crippen molar-refractivity contribution in [2.24, 2.45) is 11.8 Å². The number of aliphatic hydroxyl groups excluding tert-OH is 1. The van der Waals surface area contributed by atoms with Crippen LogP contribution in [-0.2, 0) is 0 Å². The number of ether oxygens (including phenoxy) is 1. The van der Waals surface area contributed by atoms with Gasteiger partial charge in [0.05, 0.1) is 29.8 Å². The second-order valence-corrected chi connectivity index (χ2v) is 7.24. The van der Waals surface area contributed by atoms with Gasteiger partial charge in [0.25, 0.3) is 0 Å². The number of aromatic nitrogens is 1. The van der Waals surface area contributed by atoms with E-state index in [0.717, 1.165) is 6.42 Å². The monoisotopic (exact) mass is 343 g/mol. The van der Waals surface area contributed by atoms with E-state index in [1.807, 2.05) is 6.08 Å². The van der Waals surface area contributed by atoms with E-state index in [9.17, 15) is 10.3 Å². The lowest BCUT2D eigenvalue weighted by Crippen LogP contribution is -2.64. The Balaban J connectivity index is 1.70. The maximum Gasteiger partial charge on any atom is 0.132 e. The number of hydrogen-bond donors (Lipinski definition) is 1. The number of benzene rings is 1. The Bertz CT molecular complexity index is 904. The SMILES string of the molecule is [2H]C([2H])([2H])Oc1ccc2nccc([C@H](O)[C@H]3C[C@@H]4CC[N@@+]3([O-])C[C@@H]4C=C)c2c1. The van der Waals surface area contributed by atoms with Crippen LogP contribution in [0.1, 0.15) is 28.6 Å². The van der Waals surface area contributed by atoms with Gasteiger partial charge >= 0.3 is 0 Å². The largest absolute Gasteiger partial charge is 0.632 e. The molecule has 1 aromatic heterocycles. The topological polar surface area (TPSA) is 65.4 Å². The molecule has 25 heavy (non-hydrogen) atoms. The van der Waals surface area contributed by atoms with Crippen LogP contribution in [0.4, 0.5) is 0 Å². The number of quaternary nitrogens is 1. The van der Waals surface area contributed by atoms with Gasteiger partial charge in [-0.2, -0.15) is 0 Å². The van der Waals surface area contributed by atoms with Crippen LogP contribution in [-0.4, -0.2) is 40.9 Å². The molecule has 5 atom stereocenters. The third kappa shape index (κ3) is 2.63.